The van der Waals surface area contributed by atoms with Crippen molar-refractivity contribution in [2.75, 3.05) is 9.76 Å². The van der Waals surface area contributed by atoms with Gasteiger partial charge in [-0.2, -0.15) is 52.7 Å². The predicted molar refractivity (Wildman–Crippen MR) is 255 cm³/mol. The molecule has 10 rings (SSSR count). The van der Waals surface area contributed by atoms with Crippen molar-refractivity contribution >= 4 is 40.5 Å². The van der Waals surface area contributed by atoms with Gasteiger partial charge in [-0.1, -0.05) is 140 Å². The number of nitrogens with one attached hydrogen (secondary N) is 1. The Morgan fingerprint density at radius 3 is 1.11 bits per heavy atom. The molecule has 0 saturated carbocycles. The minimum atomic E-state index is -5.34. The predicted octanol–water partition coefficient (Wildman–Crippen LogP) is 17.4. The molecule has 4 nitrogen and oxygen atoms in total. The van der Waals surface area contributed by atoms with Crippen LogP contribution in [0.1, 0.15) is 38.9 Å². The first-order valence-corrected chi connectivity index (χ1v) is 23.6. The highest BCUT2D eigenvalue weighted by Crippen LogP contribution is 2.67. The molecular formula is C55H34F12N3OP. The lowest BCUT2D eigenvalue weighted by Gasteiger charge is -2.49. The quantitative estimate of drug-likeness (QED) is 0.0990. The van der Waals surface area contributed by atoms with E-state index >= 15 is 4.57 Å². The Morgan fingerprint density at radius 1 is 0.389 bits per heavy atom. The van der Waals surface area contributed by atoms with Gasteiger partial charge in [-0.3, -0.25) is 9.24 Å². The molecule has 1 aliphatic heterocycles. The first-order valence-electron chi connectivity index (χ1n) is 21.8. The molecule has 0 bridgehead atoms. The molecule has 9 aromatic carbocycles. The van der Waals surface area contributed by atoms with Gasteiger partial charge in [-0.15, -0.1) is 0 Å². The van der Waals surface area contributed by atoms with Crippen LogP contribution in [0.5, 0.6) is 0 Å². The maximum atomic E-state index is 16.9. The van der Waals surface area contributed by atoms with E-state index in [9.17, 15) is 52.7 Å². The minimum Gasteiger partial charge on any atom is -0.307 e. The normalized spacial score (nSPS) is 15.5. The summed E-state index contributed by atoms with van der Waals surface area (Å²) in [6, 6.07) is 42.1. The van der Waals surface area contributed by atoms with Crippen LogP contribution in [0.15, 0.2) is 188 Å². The van der Waals surface area contributed by atoms with Crippen LogP contribution in [0.4, 0.5) is 64.1 Å². The number of alkyl halides is 12. The van der Waals surface area contributed by atoms with Gasteiger partial charge in [0.05, 0.1) is 33.6 Å². The molecule has 0 amide bonds. The Kier molecular flexibility index (Phi) is 11.4. The molecule has 0 spiro atoms. The molecule has 9 aromatic rings. The number of anilines is 2. The molecule has 0 fully saturated rings. The summed E-state index contributed by atoms with van der Waals surface area (Å²) in [7, 11) is -5.26. The Hall–Kier alpha value is -7.55. The summed E-state index contributed by atoms with van der Waals surface area (Å²) in [5.74, 6) is 0. The standard InChI is InChI=1S/C55H34F12N3OP/c56-52(57,58)39-24-34(25-40(30-39)53(59,60)61)45-28-32-14-10-12-22-43(32)47-48-44-23-13-11-15-33(44)29-46(35-26-41(54(62,63)64)31-42(27-35)55(65,66)67)50(48)70(72(68,71)69-49(45)47)51(36-16-4-1-5-17-36,37-18-6-2-7-19-37)38-20-8-3-9-21-38/h1-31H,(H3,68,69,71). The van der Waals surface area contributed by atoms with Gasteiger partial charge in [0.15, 0.2) is 0 Å². The molecule has 17 heteroatoms. The van der Waals surface area contributed by atoms with Gasteiger partial charge in [-0.05, 0) is 97.9 Å². The van der Waals surface area contributed by atoms with Gasteiger partial charge < -0.3 is 5.09 Å². The number of halogens is 12. The topological polar surface area (TPSA) is 58.4 Å². The second-order valence-corrected chi connectivity index (χ2v) is 19.1. The van der Waals surface area contributed by atoms with Crippen molar-refractivity contribution in [1.29, 1.82) is 0 Å². The van der Waals surface area contributed by atoms with Gasteiger partial charge in [0.2, 0.25) is 0 Å². The van der Waals surface area contributed by atoms with Crippen molar-refractivity contribution in [2.45, 2.75) is 30.2 Å². The SMILES string of the molecule is NP1(=O)Nc2c(-c3cc(C(F)(F)F)cc(C(F)(F)F)c3)cc3ccccc3c2-c2c(c(-c3cc(C(F)(F)F)cc(C(F)(F)F)c3)cc3ccccc23)N1C(c1ccccc1)(c1ccccc1)c1ccccc1. The minimum absolute atomic E-state index is 0.0298. The van der Waals surface area contributed by atoms with Gasteiger partial charge >= 0.3 is 32.3 Å². The van der Waals surface area contributed by atoms with Crippen LogP contribution in [0.25, 0.3) is 54.9 Å². The summed E-state index contributed by atoms with van der Waals surface area (Å²) >= 11 is 0. The number of hydrogen-bond acceptors (Lipinski definition) is 1. The Labute approximate surface area is 402 Å². The molecule has 1 unspecified atom stereocenters. The molecule has 1 atom stereocenters. The zero-order valence-electron chi connectivity index (χ0n) is 36.8. The first-order chi connectivity index (χ1) is 34.0. The summed E-state index contributed by atoms with van der Waals surface area (Å²) in [4.78, 5) is 0. The molecule has 0 saturated heterocycles. The average molecular weight is 1010 g/mol. The van der Waals surface area contributed by atoms with Crippen LogP contribution in [0, 0.1) is 0 Å². The number of rotatable bonds is 6. The molecule has 1 aliphatic rings. The van der Waals surface area contributed by atoms with E-state index in [0.717, 1.165) is 0 Å². The third kappa shape index (κ3) is 8.21. The van der Waals surface area contributed by atoms with E-state index in [4.69, 9.17) is 5.50 Å². The van der Waals surface area contributed by atoms with E-state index in [2.05, 4.69) is 5.09 Å². The van der Waals surface area contributed by atoms with Crippen LogP contribution in [0.3, 0.4) is 0 Å². The van der Waals surface area contributed by atoms with E-state index in [1.165, 1.54) is 28.9 Å². The summed E-state index contributed by atoms with van der Waals surface area (Å²) in [5, 5.41) is 3.85. The molecular weight excluding hydrogens is 978 g/mol. The summed E-state index contributed by atoms with van der Waals surface area (Å²) < 4.78 is 196. The number of hydrogen-bond donors (Lipinski definition) is 2. The van der Waals surface area contributed by atoms with E-state index in [0.29, 0.717) is 41.0 Å². The van der Waals surface area contributed by atoms with Crippen LogP contribution < -0.4 is 15.3 Å². The molecule has 3 N–H and O–H groups in total. The summed E-state index contributed by atoms with van der Waals surface area (Å²) in [5.41, 5.74) is -3.06. The molecule has 72 heavy (non-hydrogen) atoms. The van der Waals surface area contributed by atoms with Crippen molar-refractivity contribution in [2.24, 2.45) is 5.50 Å². The van der Waals surface area contributed by atoms with Gasteiger partial charge in [0.1, 0.15) is 5.54 Å². The lowest BCUT2D eigenvalue weighted by atomic mass is 9.75. The molecule has 0 aliphatic carbocycles. The van der Waals surface area contributed by atoms with Crippen LogP contribution in [-0.2, 0) is 34.8 Å². The highest BCUT2D eigenvalue weighted by atomic mass is 31.2. The fourth-order valence-corrected chi connectivity index (χ4v) is 11.8. The first kappa shape index (κ1) is 48.1. The highest BCUT2D eigenvalue weighted by molar-refractivity contribution is 7.65. The van der Waals surface area contributed by atoms with E-state index in [-0.39, 0.29) is 67.3 Å². The number of nitrogens with zero attached hydrogens (tertiary/aromatic N) is 1. The zero-order chi connectivity index (χ0) is 51.2. The third-order valence-electron chi connectivity index (χ3n) is 12.8. The zero-order valence-corrected chi connectivity index (χ0v) is 37.7. The van der Waals surface area contributed by atoms with Crippen molar-refractivity contribution < 1.29 is 57.3 Å². The Morgan fingerprint density at radius 2 is 0.722 bits per heavy atom. The van der Waals surface area contributed by atoms with Crippen LogP contribution in [0.2, 0.25) is 0 Å². The van der Waals surface area contributed by atoms with Crippen LogP contribution in [-0.4, -0.2) is 0 Å². The lowest BCUT2D eigenvalue weighted by molar-refractivity contribution is -0.144. The monoisotopic (exact) mass is 1010 g/mol. The molecule has 0 aromatic heterocycles. The van der Waals surface area contributed by atoms with E-state index in [1.54, 1.807) is 127 Å². The van der Waals surface area contributed by atoms with Crippen LogP contribution >= 0.6 is 7.59 Å². The van der Waals surface area contributed by atoms with Gasteiger partial charge in [0.25, 0.3) is 0 Å². The fraction of sp³-hybridized carbons (Fsp3) is 0.0909. The lowest BCUT2D eigenvalue weighted by Crippen LogP contribution is -2.49. The second-order valence-electron chi connectivity index (χ2n) is 17.2. The molecule has 364 valence electrons. The molecule has 1 heterocycles. The summed E-state index contributed by atoms with van der Waals surface area (Å²) in [6.45, 7) is 0. The number of fused-ring (bicyclic) bond motifs is 7. The van der Waals surface area contributed by atoms with Crippen molar-refractivity contribution in [3.63, 3.8) is 0 Å². The van der Waals surface area contributed by atoms with Crippen molar-refractivity contribution in [3.8, 4) is 33.4 Å². The smallest absolute Gasteiger partial charge is 0.307 e. The van der Waals surface area contributed by atoms with Gasteiger partial charge in [-0.25, -0.2) is 5.50 Å². The maximum absolute atomic E-state index is 16.9. The Bertz CT molecular complexity index is 3450. The Balaban J connectivity index is 1.50. The number of benzene rings is 9. The third-order valence-corrected chi connectivity index (χ3v) is 14.4. The highest BCUT2D eigenvalue weighted by Gasteiger charge is 2.53. The summed E-state index contributed by atoms with van der Waals surface area (Å²) in [6.07, 6.45) is -21.3. The average Bonchev–Trinajstić information content (AvgIpc) is 3.45. The number of nitrogens with two attached hydrogens (primary N) is 1. The molecule has 0 radical (unpaired) electrons. The van der Waals surface area contributed by atoms with Crippen molar-refractivity contribution in [3.05, 3.63) is 227 Å². The largest absolute Gasteiger partial charge is 0.416 e. The van der Waals surface area contributed by atoms with Crippen molar-refractivity contribution in [1.82, 2.24) is 0 Å². The van der Waals surface area contributed by atoms with E-state index < -0.39 is 71.2 Å². The maximum Gasteiger partial charge on any atom is 0.416 e. The fourth-order valence-electron chi connectivity index (χ4n) is 9.86. The second kappa shape index (κ2) is 17.1. The van der Waals surface area contributed by atoms with Gasteiger partial charge in [0, 0.05) is 22.3 Å². The van der Waals surface area contributed by atoms with E-state index in [1.807, 2.05) is 0 Å².